The fourth-order valence-corrected chi connectivity index (χ4v) is 3.02. The van der Waals surface area contributed by atoms with Crippen LogP contribution in [0.1, 0.15) is 10.5 Å². The molecule has 4 N–H and O–H groups in total. The number of hydrogen-bond acceptors (Lipinski definition) is 5. The first-order chi connectivity index (χ1) is 14.6. The number of para-hydroxylation sites is 1. The van der Waals surface area contributed by atoms with Gasteiger partial charge in [0.05, 0.1) is 5.56 Å². The predicted octanol–water partition coefficient (Wildman–Crippen LogP) is 5.01. The summed E-state index contributed by atoms with van der Waals surface area (Å²) in [5.41, 5.74) is 13.3. The van der Waals surface area contributed by atoms with Gasteiger partial charge >= 0.3 is 0 Å². The number of carbonyl (C=O) groups is 1. The van der Waals surface area contributed by atoms with E-state index in [4.69, 9.17) is 20.9 Å². The molecule has 1 heterocycles. The largest absolute Gasteiger partial charge is 0.457 e. The lowest BCUT2D eigenvalue weighted by atomic mass is 10.0. The predicted molar refractivity (Wildman–Crippen MR) is 116 cm³/mol. The van der Waals surface area contributed by atoms with Gasteiger partial charge in [-0.15, -0.1) is 0 Å². The Morgan fingerprint density at radius 1 is 0.767 bits per heavy atom. The van der Waals surface area contributed by atoms with Gasteiger partial charge in [-0.1, -0.05) is 30.3 Å². The van der Waals surface area contributed by atoms with Crippen LogP contribution in [0.15, 0.2) is 91.1 Å². The van der Waals surface area contributed by atoms with Crippen molar-refractivity contribution in [2.45, 2.75) is 0 Å². The van der Waals surface area contributed by atoms with Crippen molar-refractivity contribution in [3.05, 3.63) is 96.8 Å². The SMILES string of the molecule is NC(=O)c1nccc(Oc2ccc(Oc3ccccc3)cc2)c1-c1cccc(N)c1. The summed E-state index contributed by atoms with van der Waals surface area (Å²) in [5.74, 6) is 1.79. The number of amides is 1. The van der Waals surface area contributed by atoms with Crippen molar-refractivity contribution >= 4 is 11.6 Å². The summed E-state index contributed by atoms with van der Waals surface area (Å²) in [6.45, 7) is 0. The molecule has 0 aliphatic carbocycles. The molecule has 0 aliphatic rings. The van der Waals surface area contributed by atoms with E-state index >= 15 is 0 Å². The van der Waals surface area contributed by atoms with E-state index in [1.165, 1.54) is 6.20 Å². The fourth-order valence-electron chi connectivity index (χ4n) is 3.02. The van der Waals surface area contributed by atoms with E-state index < -0.39 is 5.91 Å². The molecule has 0 unspecified atom stereocenters. The van der Waals surface area contributed by atoms with Crippen molar-refractivity contribution in [3.8, 4) is 34.1 Å². The maximum absolute atomic E-state index is 12.0. The molecule has 0 radical (unpaired) electrons. The van der Waals surface area contributed by atoms with Crippen molar-refractivity contribution in [1.82, 2.24) is 4.98 Å². The zero-order valence-electron chi connectivity index (χ0n) is 16.0. The number of carbonyl (C=O) groups excluding carboxylic acids is 1. The molecule has 0 saturated heterocycles. The lowest BCUT2D eigenvalue weighted by Gasteiger charge is -2.14. The van der Waals surface area contributed by atoms with Crippen LogP contribution in [0, 0.1) is 0 Å². The second-order valence-electron chi connectivity index (χ2n) is 6.51. The van der Waals surface area contributed by atoms with E-state index in [0.29, 0.717) is 34.1 Å². The molecule has 148 valence electrons. The summed E-state index contributed by atoms with van der Waals surface area (Å²) in [5, 5.41) is 0. The minimum Gasteiger partial charge on any atom is -0.457 e. The molecule has 6 heteroatoms. The molecule has 3 aromatic carbocycles. The highest BCUT2D eigenvalue weighted by molar-refractivity contribution is 5.99. The summed E-state index contributed by atoms with van der Waals surface area (Å²) in [4.78, 5) is 16.1. The quantitative estimate of drug-likeness (QED) is 0.445. The Morgan fingerprint density at radius 2 is 1.43 bits per heavy atom. The zero-order valence-corrected chi connectivity index (χ0v) is 16.0. The van der Waals surface area contributed by atoms with E-state index in [2.05, 4.69) is 4.98 Å². The van der Waals surface area contributed by atoms with Gasteiger partial charge in [0.15, 0.2) is 0 Å². The van der Waals surface area contributed by atoms with Gasteiger partial charge in [-0.2, -0.15) is 0 Å². The van der Waals surface area contributed by atoms with Crippen LogP contribution in [-0.4, -0.2) is 10.9 Å². The first kappa shape index (κ1) is 19.0. The minimum absolute atomic E-state index is 0.113. The lowest BCUT2D eigenvalue weighted by Crippen LogP contribution is -2.15. The maximum Gasteiger partial charge on any atom is 0.268 e. The van der Waals surface area contributed by atoms with E-state index in [-0.39, 0.29) is 5.69 Å². The number of nitrogens with two attached hydrogens (primary N) is 2. The molecule has 0 atom stereocenters. The number of aromatic nitrogens is 1. The lowest BCUT2D eigenvalue weighted by molar-refractivity contribution is 0.0996. The summed E-state index contributed by atoms with van der Waals surface area (Å²) >= 11 is 0. The summed E-state index contributed by atoms with van der Waals surface area (Å²) < 4.78 is 11.9. The molecule has 6 nitrogen and oxygen atoms in total. The normalized spacial score (nSPS) is 10.4. The van der Waals surface area contributed by atoms with Gasteiger partial charge in [-0.3, -0.25) is 9.78 Å². The van der Waals surface area contributed by atoms with Crippen LogP contribution in [0.3, 0.4) is 0 Å². The average Bonchev–Trinajstić information content (AvgIpc) is 2.75. The van der Waals surface area contributed by atoms with Gasteiger partial charge in [0.1, 0.15) is 28.7 Å². The third-order valence-corrected chi connectivity index (χ3v) is 4.35. The molecule has 30 heavy (non-hydrogen) atoms. The van der Waals surface area contributed by atoms with Gasteiger partial charge in [0, 0.05) is 11.9 Å². The number of rotatable bonds is 6. The second kappa shape index (κ2) is 8.36. The van der Waals surface area contributed by atoms with Crippen molar-refractivity contribution in [2.24, 2.45) is 5.73 Å². The van der Waals surface area contributed by atoms with Crippen LogP contribution in [0.4, 0.5) is 5.69 Å². The highest BCUT2D eigenvalue weighted by Crippen LogP contribution is 2.36. The van der Waals surface area contributed by atoms with Crippen LogP contribution in [0.2, 0.25) is 0 Å². The number of primary amides is 1. The Bertz CT molecular complexity index is 1180. The van der Waals surface area contributed by atoms with Crippen LogP contribution >= 0.6 is 0 Å². The Morgan fingerprint density at radius 3 is 2.10 bits per heavy atom. The Labute approximate surface area is 173 Å². The van der Waals surface area contributed by atoms with Crippen LogP contribution in [0.5, 0.6) is 23.0 Å². The van der Waals surface area contributed by atoms with Crippen LogP contribution in [0.25, 0.3) is 11.1 Å². The standard InChI is InChI=1S/C24H19N3O3/c25-17-6-4-5-16(15-17)22-21(13-14-27-23(22)24(26)28)30-20-11-9-19(10-12-20)29-18-7-2-1-3-8-18/h1-15H,25H2,(H2,26,28). The number of benzene rings is 3. The monoisotopic (exact) mass is 397 g/mol. The van der Waals surface area contributed by atoms with Crippen molar-refractivity contribution in [2.75, 3.05) is 5.73 Å². The molecule has 0 aliphatic heterocycles. The highest BCUT2D eigenvalue weighted by atomic mass is 16.5. The Balaban J connectivity index is 1.65. The summed E-state index contributed by atoms with van der Waals surface area (Å²) in [6, 6.07) is 25.5. The van der Waals surface area contributed by atoms with Gasteiger partial charge in [0.25, 0.3) is 5.91 Å². The van der Waals surface area contributed by atoms with E-state index in [9.17, 15) is 4.79 Å². The molecule has 1 amide bonds. The third-order valence-electron chi connectivity index (χ3n) is 4.35. The molecule has 0 saturated carbocycles. The van der Waals surface area contributed by atoms with Crippen LogP contribution < -0.4 is 20.9 Å². The maximum atomic E-state index is 12.0. The van der Waals surface area contributed by atoms with Gasteiger partial charge < -0.3 is 20.9 Å². The molecule has 0 bridgehead atoms. The summed E-state index contributed by atoms with van der Waals surface area (Å²) in [6.07, 6.45) is 1.48. The molecule has 0 spiro atoms. The van der Waals surface area contributed by atoms with Crippen LogP contribution in [-0.2, 0) is 0 Å². The van der Waals surface area contributed by atoms with E-state index in [1.54, 1.807) is 48.5 Å². The number of hydrogen-bond donors (Lipinski definition) is 2. The Hall–Kier alpha value is -4.32. The van der Waals surface area contributed by atoms with Gasteiger partial charge in [-0.05, 0) is 60.2 Å². The number of pyridine rings is 1. The number of anilines is 1. The molecule has 4 aromatic rings. The molecule has 1 aromatic heterocycles. The summed E-state index contributed by atoms with van der Waals surface area (Å²) in [7, 11) is 0. The smallest absolute Gasteiger partial charge is 0.268 e. The van der Waals surface area contributed by atoms with Crippen molar-refractivity contribution in [3.63, 3.8) is 0 Å². The number of nitrogens with zero attached hydrogens (tertiary/aromatic N) is 1. The zero-order chi connectivity index (χ0) is 20.9. The fraction of sp³-hybridized carbons (Fsp3) is 0. The second-order valence-corrected chi connectivity index (χ2v) is 6.51. The van der Waals surface area contributed by atoms with E-state index in [1.807, 2.05) is 36.4 Å². The van der Waals surface area contributed by atoms with Gasteiger partial charge in [-0.25, -0.2) is 0 Å². The third kappa shape index (κ3) is 4.23. The molecular weight excluding hydrogens is 378 g/mol. The van der Waals surface area contributed by atoms with E-state index in [0.717, 1.165) is 5.75 Å². The number of nitrogen functional groups attached to an aromatic ring is 1. The van der Waals surface area contributed by atoms with Crippen molar-refractivity contribution in [1.29, 1.82) is 0 Å². The average molecular weight is 397 g/mol. The Kier molecular flexibility index (Phi) is 5.30. The first-order valence-electron chi connectivity index (χ1n) is 9.26. The number of ether oxygens (including phenoxy) is 2. The molecule has 4 rings (SSSR count). The topological polar surface area (TPSA) is 100 Å². The minimum atomic E-state index is -0.649. The molecule has 0 fully saturated rings. The molecular formula is C24H19N3O3. The highest BCUT2D eigenvalue weighted by Gasteiger charge is 2.18. The van der Waals surface area contributed by atoms with Gasteiger partial charge in [0.2, 0.25) is 0 Å². The van der Waals surface area contributed by atoms with Crippen molar-refractivity contribution < 1.29 is 14.3 Å². The first-order valence-corrected chi connectivity index (χ1v) is 9.26.